The van der Waals surface area contributed by atoms with E-state index >= 15 is 0 Å². The first-order valence-corrected chi connectivity index (χ1v) is 11.0. The van der Waals surface area contributed by atoms with Crippen molar-refractivity contribution < 1.29 is 23.9 Å². The molecule has 1 aromatic heterocycles. The van der Waals surface area contributed by atoms with Crippen molar-refractivity contribution in [3.05, 3.63) is 35.7 Å². The van der Waals surface area contributed by atoms with E-state index < -0.39 is 11.6 Å². The van der Waals surface area contributed by atoms with Crippen molar-refractivity contribution in [3.63, 3.8) is 0 Å². The van der Waals surface area contributed by atoms with Crippen molar-refractivity contribution in [3.8, 4) is 0 Å². The zero-order chi connectivity index (χ0) is 22.6. The molecule has 0 bridgehead atoms. The number of allylic oxidation sites excluding steroid dienone is 1. The minimum absolute atomic E-state index is 0.0247. The molecule has 3 rings (SSSR count). The van der Waals surface area contributed by atoms with Crippen LogP contribution in [0.4, 0.5) is 4.79 Å². The molecular weight excluding hydrogens is 398 g/mol. The minimum Gasteiger partial charge on any atom is -0.461 e. The van der Waals surface area contributed by atoms with Gasteiger partial charge in [0.1, 0.15) is 11.3 Å². The molecule has 1 aliphatic heterocycles. The van der Waals surface area contributed by atoms with Crippen molar-refractivity contribution in [2.24, 2.45) is 0 Å². The number of hydrogen-bond donors (Lipinski definition) is 0. The van der Waals surface area contributed by atoms with Crippen LogP contribution in [0.1, 0.15) is 51.0 Å². The van der Waals surface area contributed by atoms with Gasteiger partial charge in [0.05, 0.1) is 13.2 Å². The lowest BCUT2D eigenvalue weighted by Gasteiger charge is -2.37. The lowest BCUT2D eigenvalue weighted by atomic mass is 10.1. The van der Waals surface area contributed by atoms with E-state index in [1.807, 2.05) is 20.8 Å². The van der Waals surface area contributed by atoms with Crippen molar-refractivity contribution in [1.82, 2.24) is 14.4 Å². The maximum absolute atomic E-state index is 12.8. The van der Waals surface area contributed by atoms with Crippen LogP contribution in [0.15, 0.2) is 30.0 Å². The Morgan fingerprint density at radius 1 is 1.13 bits per heavy atom. The molecule has 0 saturated carbocycles. The molecule has 0 aromatic carbocycles. The van der Waals surface area contributed by atoms with Crippen LogP contribution in [0.3, 0.4) is 0 Å². The van der Waals surface area contributed by atoms with Crippen molar-refractivity contribution in [2.45, 2.75) is 58.7 Å². The fourth-order valence-electron chi connectivity index (χ4n) is 3.98. The third-order valence-corrected chi connectivity index (χ3v) is 5.52. The second kappa shape index (κ2) is 9.68. The van der Waals surface area contributed by atoms with Gasteiger partial charge in [0, 0.05) is 38.4 Å². The fourth-order valence-corrected chi connectivity index (χ4v) is 3.98. The highest BCUT2D eigenvalue weighted by molar-refractivity contribution is 5.96. The van der Waals surface area contributed by atoms with E-state index in [0.717, 1.165) is 31.5 Å². The molecule has 170 valence electrons. The third kappa shape index (κ3) is 5.97. The molecule has 8 nitrogen and oxygen atoms in total. The molecule has 1 saturated heterocycles. The van der Waals surface area contributed by atoms with Gasteiger partial charge < -0.3 is 18.9 Å². The number of nitrogens with zero attached hydrogens (tertiary/aromatic N) is 3. The quantitative estimate of drug-likeness (QED) is 0.645. The summed E-state index contributed by atoms with van der Waals surface area (Å²) in [5, 5.41) is 0. The number of rotatable bonds is 6. The summed E-state index contributed by atoms with van der Waals surface area (Å²) >= 11 is 0. The van der Waals surface area contributed by atoms with Gasteiger partial charge in [-0.25, -0.2) is 9.59 Å². The molecule has 8 heteroatoms. The number of ether oxygens (including phenoxy) is 2. The monoisotopic (exact) mass is 431 g/mol. The first-order chi connectivity index (χ1) is 14.7. The summed E-state index contributed by atoms with van der Waals surface area (Å²) in [6.45, 7) is 10.5. The molecule has 0 radical (unpaired) electrons. The van der Waals surface area contributed by atoms with Crippen LogP contribution < -0.4 is 0 Å². The molecule has 0 unspecified atom stereocenters. The van der Waals surface area contributed by atoms with Crippen molar-refractivity contribution in [2.75, 3.05) is 32.8 Å². The first kappa shape index (κ1) is 23.1. The second-order valence-corrected chi connectivity index (χ2v) is 8.97. The predicted molar refractivity (Wildman–Crippen MR) is 116 cm³/mol. The summed E-state index contributed by atoms with van der Waals surface area (Å²) < 4.78 is 12.2. The Bertz CT molecular complexity index is 844. The number of carbonyl (C=O) groups is 3. The SMILES string of the molecule is CCOC(=O)c1cccn1CC(=O)C1=C[C@H](N2CCN(C(=O)OC(C)(C)C)CC2)CC1. The smallest absolute Gasteiger partial charge is 0.410 e. The van der Waals surface area contributed by atoms with Gasteiger partial charge in [0.25, 0.3) is 0 Å². The number of ketones is 1. The van der Waals surface area contributed by atoms with Gasteiger partial charge in [0.2, 0.25) is 0 Å². The molecule has 2 heterocycles. The van der Waals surface area contributed by atoms with Gasteiger partial charge in [-0.3, -0.25) is 9.69 Å². The lowest BCUT2D eigenvalue weighted by Crippen LogP contribution is -2.52. The molecule has 2 aliphatic rings. The molecule has 1 fully saturated rings. The average molecular weight is 432 g/mol. The molecule has 1 atom stereocenters. The normalized spacial score (nSPS) is 19.8. The lowest BCUT2D eigenvalue weighted by molar-refractivity contribution is -0.116. The van der Waals surface area contributed by atoms with E-state index in [4.69, 9.17) is 9.47 Å². The Balaban J connectivity index is 1.54. The van der Waals surface area contributed by atoms with Crippen LogP contribution in [0, 0.1) is 0 Å². The van der Waals surface area contributed by atoms with E-state index in [1.54, 1.807) is 34.7 Å². The zero-order valence-corrected chi connectivity index (χ0v) is 18.9. The zero-order valence-electron chi connectivity index (χ0n) is 18.9. The van der Waals surface area contributed by atoms with Gasteiger partial charge in [-0.2, -0.15) is 0 Å². The highest BCUT2D eigenvalue weighted by Gasteiger charge is 2.31. The van der Waals surface area contributed by atoms with Crippen LogP contribution in [-0.2, 0) is 20.8 Å². The maximum Gasteiger partial charge on any atom is 0.410 e. The van der Waals surface area contributed by atoms with E-state index in [0.29, 0.717) is 25.4 Å². The topological polar surface area (TPSA) is 81.1 Å². The largest absolute Gasteiger partial charge is 0.461 e. The van der Waals surface area contributed by atoms with E-state index in [9.17, 15) is 14.4 Å². The number of Topliss-reactive ketones (excluding diaryl/α,β-unsaturated/α-hetero) is 1. The van der Waals surface area contributed by atoms with Crippen molar-refractivity contribution in [1.29, 1.82) is 0 Å². The third-order valence-electron chi connectivity index (χ3n) is 5.52. The second-order valence-electron chi connectivity index (χ2n) is 8.97. The van der Waals surface area contributed by atoms with Crippen LogP contribution in [0.2, 0.25) is 0 Å². The molecule has 0 N–H and O–H groups in total. The average Bonchev–Trinajstić information content (AvgIpc) is 3.37. The number of aromatic nitrogens is 1. The summed E-state index contributed by atoms with van der Waals surface area (Å²) in [4.78, 5) is 41.2. The highest BCUT2D eigenvalue weighted by Crippen LogP contribution is 2.25. The first-order valence-electron chi connectivity index (χ1n) is 11.0. The number of piperazine rings is 1. The van der Waals surface area contributed by atoms with Gasteiger partial charge in [0.15, 0.2) is 5.78 Å². The van der Waals surface area contributed by atoms with E-state index in [1.165, 1.54) is 0 Å². The Kier molecular flexibility index (Phi) is 7.20. The summed E-state index contributed by atoms with van der Waals surface area (Å²) in [5.41, 5.74) is 0.705. The van der Waals surface area contributed by atoms with Gasteiger partial charge >= 0.3 is 12.1 Å². The van der Waals surface area contributed by atoms with E-state index in [2.05, 4.69) is 11.0 Å². The van der Waals surface area contributed by atoms with Gasteiger partial charge in [-0.15, -0.1) is 0 Å². The molecule has 31 heavy (non-hydrogen) atoms. The number of amides is 1. The van der Waals surface area contributed by atoms with E-state index in [-0.39, 0.29) is 24.5 Å². The standard InChI is InChI=1S/C23H33N3O5/c1-5-30-21(28)19-7-6-10-26(19)16-20(27)17-8-9-18(15-17)24-11-13-25(14-12-24)22(29)31-23(2,3)4/h6-7,10,15,18H,5,8-9,11-14,16H2,1-4H3/t18-/m1/s1. The molecule has 0 spiro atoms. The molecule has 1 aliphatic carbocycles. The Labute approximate surface area is 183 Å². The summed E-state index contributed by atoms with van der Waals surface area (Å²) in [7, 11) is 0. The number of esters is 1. The summed E-state index contributed by atoms with van der Waals surface area (Å²) in [6, 6.07) is 3.62. The van der Waals surface area contributed by atoms with Gasteiger partial charge in [-0.1, -0.05) is 6.08 Å². The van der Waals surface area contributed by atoms with Crippen LogP contribution >= 0.6 is 0 Å². The Morgan fingerprint density at radius 2 is 1.84 bits per heavy atom. The number of carbonyl (C=O) groups excluding carboxylic acids is 3. The fraction of sp³-hybridized carbons (Fsp3) is 0.609. The minimum atomic E-state index is -0.496. The van der Waals surface area contributed by atoms with Crippen LogP contribution in [0.25, 0.3) is 0 Å². The molecule has 1 amide bonds. The number of hydrogen-bond acceptors (Lipinski definition) is 6. The van der Waals surface area contributed by atoms with Crippen LogP contribution in [-0.4, -0.2) is 76.6 Å². The Morgan fingerprint density at radius 3 is 2.48 bits per heavy atom. The molecule has 1 aromatic rings. The Hall–Kier alpha value is -2.61. The maximum atomic E-state index is 12.8. The summed E-state index contributed by atoms with van der Waals surface area (Å²) in [6.07, 6.45) is 5.14. The highest BCUT2D eigenvalue weighted by atomic mass is 16.6. The van der Waals surface area contributed by atoms with Gasteiger partial charge in [-0.05, 0) is 58.2 Å². The molecular formula is C23H33N3O5. The summed E-state index contributed by atoms with van der Waals surface area (Å²) in [5.74, 6) is -0.391. The van der Waals surface area contributed by atoms with Crippen LogP contribution in [0.5, 0.6) is 0 Å². The predicted octanol–water partition coefficient (Wildman–Crippen LogP) is 2.88. The van der Waals surface area contributed by atoms with Crippen molar-refractivity contribution >= 4 is 17.8 Å².